The van der Waals surface area contributed by atoms with Gasteiger partial charge in [0.2, 0.25) is 0 Å². The lowest BCUT2D eigenvalue weighted by molar-refractivity contribution is 0.131. The number of aliphatic hydroxyl groups excluding tert-OH is 1. The number of hydrogen-bond donors (Lipinski definition) is 1. The molecule has 1 aliphatic rings. The quantitative estimate of drug-likeness (QED) is 0.753. The van der Waals surface area contributed by atoms with Crippen LogP contribution in [0, 0.1) is 29.1 Å². The molecule has 0 spiro atoms. The summed E-state index contributed by atoms with van der Waals surface area (Å²) in [5.74, 6) is 3.30. The van der Waals surface area contributed by atoms with Crippen molar-refractivity contribution in [3.05, 3.63) is 0 Å². The number of rotatable bonds is 4. The lowest BCUT2D eigenvalue weighted by Crippen LogP contribution is -2.28. The van der Waals surface area contributed by atoms with Crippen molar-refractivity contribution >= 4 is 0 Å². The lowest BCUT2D eigenvalue weighted by Gasteiger charge is -2.35. The first-order valence-corrected chi connectivity index (χ1v) is 6.52. The average Bonchev–Trinajstić information content (AvgIpc) is 2.38. The zero-order valence-corrected chi connectivity index (χ0v) is 11.1. The van der Waals surface area contributed by atoms with Crippen LogP contribution in [-0.4, -0.2) is 11.7 Å². The fourth-order valence-corrected chi connectivity index (χ4v) is 3.56. The summed E-state index contributed by atoms with van der Waals surface area (Å²) >= 11 is 0. The van der Waals surface area contributed by atoms with E-state index in [1.165, 1.54) is 12.8 Å². The van der Waals surface area contributed by atoms with Crippen molar-refractivity contribution in [3.8, 4) is 0 Å². The summed E-state index contributed by atoms with van der Waals surface area (Å²) in [5.41, 5.74) is 0.480. The molecule has 0 heterocycles. The molecule has 0 radical (unpaired) electrons. The summed E-state index contributed by atoms with van der Waals surface area (Å²) < 4.78 is 0. The molecule has 4 unspecified atom stereocenters. The third-order valence-electron chi connectivity index (χ3n) is 5.11. The first-order valence-electron chi connectivity index (χ1n) is 6.52. The highest BCUT2D eigenvalue weighted by molar-refractivity contribution is 4.95. The van der Waals surface area contributed by atoms with Crippen molar-refractivity contribution in [3.63, 3.8) is 0 Å². The van der Waals surface area contributed by atoms with Crippen LogP contribution < -0.4 is 0 Å². The molecule has 1 aliphatic carbocycles. The van der Waals surface area contributed by atoms with Crippen LogP contribution in [0.2, 0.25) is 0 Å². The molecule has 1 N–H and O–H groups in total. The van der Waals surface area contributed by atoms with Gasteiger partial charge in [-0.05, 0) is 48.3 Å². The van der Waals surface area contributed by atoms with Crippen molar-refractivity contribution in [2.24, 2.45) is 29.1 Å². The molecule has 1 rings (SSSR count). The highest BCUT2D eigenvalue weighted by atomic mass is 16.2. The molecular formula is C14H28O. The fourth-order valence-electron chi connectivity index (χ4n) is 3.56. The highest BCUT2D eigenvalue weighted by Crippen LogP contribution is 2.53. The normalized spacial score (nSPS) is 36.8. The fraction of sp³-hybridized carbons (Fsp3) is 1.00. The summed E-state index contributed by atoms with van der Waals surface area (Å²) in [6.45, 7) is 12.4. The molecule has 0 saturated heterocycles. The Morgan fingerprint density at radius 3 is 2.33 bits per heavy atom. The van der Waals surface area contributed by atoms with Crippen molar-refractivity contribution in [2.45, 2.75) is 53.9 Å². The summed E-state index contributed by atoms with van der Waals surface area (Å²) in [4.78, 5) is 0. The highest BCUT2D eigenvalue weighted by Gasteiger charge is 2.46. The van der Waals surface area contributed by atoms with E-state index < -0.39 is 0 Å². The smallest absolute Gasteiger partial charge is 0.0431 e. The van der Waals surface area contributed by atoms with Crippen molar-refractivity contribution in [1.82, 2.24) is 0 Å². The van der Waals surface area contributed by atoms with Crippen LogP contribution in [0.4, 0.5) is 0 Å². The van der Waals surface area contributed by atoms with Crippen LogP contribution in [-0.2, 0) is 0 Å². The van der Waals surface area contributed by atoms with Gasteiger partial charge in [-0.1, -0.05) is 34.6 Å². The summed E-state index contributed by atoms with van der Waals surface area (Å²) in [7, 11) is 0. The van der Waals surface area contributed by atoms with Gasteiger partial charge in [-0.15, -0.1) is 0 Å². The SMILES string of the molecule is CC1CC(C(C)CCCO)C(C)(C)C1C. The van der Waals surface area contributed by atoms with Gasteiger partial charge >= 0.3 is 0 Å². The van der Waals surface area contributed by atoms with E-state index in [2.05, 4.69) is 34.6 Å². The number of aliphatic hydroxyl groups is 1. The Morgan fingerprint density at radius 2 is 1.93 bits per heavy atom. The van der Waals surface area contributed by atoms with Gasteiger partial charge in [0.15, 0.2) is 0 Å². The van der Waals surface area contributed by atoms with Gasteiger partial charge in [-0.25, -0.2) is 0 Å². The Bertz CT molecular complexity index is 198. The Kier molecular flexibility index (Phi) is 4.22. The van der Waals surface area contributed by atoms with E-state index >= 15 is 0 Å². The van der Waals surface area contributed by atoms with Crippen LogP contribution in [0.25, 0.3) is 0 Å². The topological polar surface area (TPSA) is 20.2 Å². The summed E-state index contributed by atoms with van der Waals surface area (Å²) in [5, 5.41) is 8.89. The molecule has 0 bridgehead atoms. The third-order valence-corrected chi connectivity index (χ3v) is 5.11. The first-order chi connectivity index (χ1) is 6.91. The second kappa shape index (κ2) is 4.86. The Hall–Kier alpha value is -0.0400. The molecular weight excluding hydrogens is 184 g/mol. The molecule has 0 aromatic heterocycles. The molecule has 0 aliphatic heterocycles. The molecule has 15 heavy (non-hydrogen) atoms. The van der Waals surface area contributed by atoms with Crippen molar-refractivity contribution < 1.29 is 5.11 Å². The van der Waals surface area contributed by atoms with E-state index in [0.717, 1.165) is 30.1 Å². The molecule has 0 aromatic rings. The minimum atomic E-state index is 0.350. The second-order valence-corrected chi connectivity index (χ2v) is 6.27. The predicted octanol–water partition coefficient (Wildman–Crippen LogP) is 3.71. The maximum absolute atomic E-state index is 8.89. The molecule has 1 fully saturated rings. The molecule has 1 heteroatoms. The van der Waals surface area contributed by atoms with Gasteiger partial charge in [0.05, 0.1) is 0 Å². The van der Waals surface area contributed by atoms with E-state index in [1.54, 1.807) is 0 Å². The van der Waals surface area contributed by atoms with Crippen LogP contribution in [0.15, 0.2) is 0 Å². The second-order valence-electron chi connectivity index (χ2n) is 6.27. The van der Waals surface area contributed by atoms with Crippen LogP contribution >= 0.6 is 0 Å². The summed E-state index contributed by atoms with van der Waals surface area (Å²) in [6.07, 6.45) is 3.53. The van der Waals surface area contributed by atoms with E-state index in [1.807, 2.05) is 0 Å². The largest absolute Gasteiger partial charge is 0.396 e. The Morgan fingerprint density at radius 1 is 1.33 bits per heavy atom. The van der Waals surface area contributed by atoms with Gasteiger partial charge < -0.3 is 5.11 Å². The van der Waals surface area contributed by atoms with E-state index in [-0.39, 0.29) is 0 Å². The standard InChI is InChI=1S/C14H28O/c1-10(7-6-8-15)13-9-11(2)12(3)14(13,4)5/h10-13,15H,6-9H2,1-5H3. The van der Waals surface area contributed by atoms with Gasteiger partial charge in [0, 0.05) is 6.61 Å². The minimum absolute atomic E-state index is 0.350. The minimum Gasteiger partial charge on any atom is -0.396 e. The maximum atomic E-state index is 8.89. The van der Waals surface area contributed by atoms with Crippen LogP contribution in [0.1, 0.15) is 53.9 Å². The van der Waals surface area contributed by atoms with Gasteiger partial charge in [0.25, 0.3) is 0 Å². The monoisotopic (exact) mass is 212 g/mol. The van der Waals surface area contributed by atoms with Gasteiger partial charge in [-0.2, -0.15) is 0 Å². The Balaban J connectivity index is 2.62. The molecule has 90 valence electrons. The average molecular weight is 212 g/mol. The van der Waals surface area contributed by atoms with Crippen molar-refractivity contribution in [1.29, 1.82) is 0 Å². The zero-order valence-electron chi connectivity index (χ0n) is 11.1. The molecule has 1 nitrogen and oxygen atoms in total. The molecule has 4 atom stereocenters. The van der Waals surface area contributed by atoms with E-state index in [9.17, 15) is 0 Å². The Labute approximate surface area is 95.3 Å². The molecule has 1 saturated carbocycles. The van der Waals surface area contributed by atoms with Crippen LogP contribution in [0.3, 0.4) is 0 Å². The third kappa shape index (κ3) is 2.55. The molecule has 0 aromatic carbocycles. The lowest BCUT2D eigenvalue weighted by atomic mass is 9.70. The van der Waals surface area contributed by atoms with Gasteiger partial charge in [-0.3, -0.25) is 0 Å². The zero-order chi connectivity index (χ0) is 11.6. The van der Waals surface area contributed by atoms with E-state index in [4.69, 9.17) is 5.11 Å². The predicted molar refractivity (Wildman–Crippen MR) is 65.7 cm³/mol. The maximum Gasteiger partial charge on any atom is 0.0431 e. The van der Waals surface area contributed by atoms with Gasteiger partial charge in [0.1, 0.15) is 0 Å². The summed E-state index contributed by atoms with van der Waals surface area (Å²) in [6, 6.07) is 0. The molecule has 0 amide bonds. The van der Waals surface area contributed by atoms with Crippen molar-refractivity contribution in [2.75, 3.05) is 6.61 Å². The van der Waals surface area contributed by atoms with Crippen LogP contribution in [0.5, 0.6) is 0 Å². The first kappa shape index (κ1) is 13.0. The number of hydrogen-bond acceptors (Lipinski definition) is 1. The van der Waals surface area contributed by atoms with E-state index in [0.29, 0.717) is 12.0 Å².